The van der Waals surface area contributed by atoms with E-state index >= 15 is 0 Å². The van der Waals surface area contributed by atoms with E-state index in [1.807, 2.05) is 0 Å². The number of nitrogens with two attached hydrogens (primary N) is 1. The second kappa shape index (κ2) is 3.95. The molecule has 1 heterocycles. The minimum atomic E-state index is -2.93. The first-order chi connectivity index (χ1) is 6.97. The maximum atomic E-state index is 12.3. The molecule has 1 rings (SSSR count). The van der Waals surface area contributed by atoms with Gasteiger partial charge in [-0.2, -0.15) is 0 Å². The predicted molar refractivity (Wildman–Crippen MR) is 45.6 cm³/mol. The molecule has 1 aromatic heterocycles. The zero-order valence-electron chi connectivity index (χ0n) is 7.18. The number of alkyl halides is 2. The first kappa shape index (κ1) is 11.0. The normalized spacial score (nSPS) is 10.3. The molecule has 0 saturated heterocycles. The number of nitrogen functional groups attached to an aromatic ring is 1. The molecule has 6 nitrogen and oxygen atoms in total. The lowest BCUT2D eigenvalue weighted by Crippen LogP contribution is -2.05. The molecule has 0 unspecified atom stereocenters. The first-order valence-corrected chi connectivity index (χ1v) is 3.65. The van der Waals surface area contributed by atoms with Gasteiger partial charge in [0, 0.05) is 0 Å². The van der Waals surface area contributed by atoms with Gasteiger partial charge in [0.25, 0.3) is 6.43 Å². The highest BCUT2D eigenvalue weighted by Crippen LogP contribution is 2.27. The van der Waals surface area contributed by atoms with Gasteiger partial charge in [0.2, 0.25) is 5.82 Å². The summed E-state index contributed by atoms with van der Waals surface area (Å²) in [6.07, 6.45) is -2.85. The minimum absolute atomic E-state index is 0.0798. The van der Waals surface area contributed by atoms with Crippen molar-refractivity contribution in [2.75, 3.05) is 5.73 Å². The van der Waals surface area contributed by atoms with Gasteiger partial charge in [-0.3, -0.25) is 4.79 Å². The van der Waals surface area contributed by atoms with Gasteiger partial charge >= 0.3 is 5.82 Å². The Labute approximate surface area is 81.9 Å². The lowest BCUT2D eigenvalue weighted by Gasteiger charge is -2.02. The van der Waals surface area contributed by atoms with Crippen molar-refractivity contribution in [3.05, 3.63) is 27.3 Å². The van der Waals surface area contributed by atoms with Crippen LogP contribution in [0.5, 0.6) is 0 Å². The standard InChI is InChI=1S/C7H5F2N3O3/c8-5(9)4-1-3(2-13)7(12(14)15)11-6(4)10/h1-2,5H,(H2,10,11). The number of anilines is 1. The summed E-state index contributed by atoms with van der Waals surface area (Å²) in [5, 5.41) is 10.4. The molecule has 2 N–H and O–H groups in total. The quantitative estimate of drug-likeness (QED) is 0.467. The van der Waals surface area contributed by atoms with Crippen molar-refractivity contribution in [3.63, 3.8) is 0 Å². The highest BCUT2D eigenvalue weighted by Gasteiger charge is 2.24. The Bertz CT molecular complexity index is 422. The van der Waals surface area contributed by atoms with Crippen molar-refractivity contribution in [2.24, 2.45) is 0 Å². The molecule has 0 amide bonds. The summed E-state index contributed by atoms with van der Waals surface area (Å²) in [4.78, 5) is 22.9. The second-order valence-corrected chi connectivity index (χ2v) is 2.55. The van der Waals surface area contributed by atoms with Gasteiger partial charge in [-0.05, 0) is 16.0 Å². The van der Waals surface area contributed by atoms with Crippen LogP contribution in [0.25, 0.3) is 0 Å². The van der Waals surface area contributed by atoms with Crippen molar-refractivity contribution in [3.8, 4) is 0 Å². The minimum Gasteiger partial charge on any atom is -0.362 e. The molecule has 0 radical (unpaired) electrons. The van der Waals surface area contributed by atoms with Gasteiger partial charge < -0.3 is 15.8 Å². The Hall–Kier alpha value is -2.12. The smallest absolute Gasteiger partial charge is 0.362 e. The van der Waals surface area contributed by atoms with E-state index in [1.165, 1.54) is 0 Å². The highest BCUT2D eigenvalue weighted by molar-refractivity contribution is 5.81. The summed E-state index contributed by atoms with van der Waals surface area (Å²) in [7, 11) is 0. The fraction of sp³-hybridized carbons (Fsp3) is 0.143. The lowest BCUT2D eigenvalue weighted by atomic mass is 10.2. The van der Waals surface area contributed by atoms with Crippen LogP contribution in [0.15, 0.2) is 6.07 Å². The Balaban J connectivity index is 3.42. The maximum Gasteiger partial charge on any atom is 0.376 e. The topological polar surface area (TPSA) is 99.1 Å². The number of hydrogen-bond acceptors (Lipinski definition) is 5. The zero-order valence-corrected chi connectivity index (χ0v) is 7.18. The van der Waals surface area contributed by atoms with E-state index in [4.69, 9.17) is 5.73 Å². The third kappa shape index (κ3) is 2.03. The van der Waals surface area contributed by atoms with Crippen LogP contribution in [-0.2, 0) is 0 Å². The number of aldehydes is 1. The molecule has 1 aromatic rings. The maximum absolute atomic E-state index is 12.3. The summed E-state index contributed by atoms with van der Waals surface area (Å²) in [5.74, 6) is -1.48. The van der Waals surface area contributed by atoms with E-state index in [2.05, 4.69) is 4.98 Å². The zero-order chi connectivity index (χ0) is 11.6. The van der Waals surface area contributed by atoms with Gasteiger partial charge in [-0.1, -0.05) is 0 Å². The molecule has 0 atom stereocenters. The summed E-state index contributed by atoms with van der Waals surface area (Å²) < 4.78 is 24.5. The van der Waals surface area contributed by atoms with Crippen LogP contribution in [0.2, 0.25) is 0 Å². The van der Waals surface area contributed by atoms with Crippen molar-refractivity contribution in [2.45, 2.75) is 6.43 Å². The van der Waals surface area contributed by atoms with Crippen molar-refractivity contribution >= 4 is 17.9 Å². The Morgan fingerprint density at radius 1 is 1.60 bits per heavy atom. The number of carbonyl (C=O) groups excluding carboxylic acids is 1. The van der Waals surface area contributed by atoms with Crippen molar-refractivity contribution in [1.82, 2.24) is 4.98 Å². The molecule has 0 aliphatic heterocycles. The molecule has 0 aliphatic rings. The monoisotopic (exact) mass is 217 g/mol. The van der Waals surface area contributed by atoms with Crippen LogP contribution in [-0.4, -0.2) is 16.2 Å². The van der Waals surface area contributed by atoms with E-state index in [-0.39, 0.29) is 6.29 Å². The number of rotatable bonds is 3. The Morgan fingerprint density at radius 2 is 2.20 bits per heavy atom. The van der Waals surface area contributed by atoms with Crippen LogP contribution in [0.4, 0.5) is 20.4 Å². The number of pyridine rings is 1. The lowest BCUT2D eigenvalue weighted by molar-refractivity contribution is -0.389. The van der Waals surface area contributed by atoms with Crippen LogP contribution in [0.1, 0.15) is 22.3 Å². The molecule has 0 aliphatic carbocycles. The van der Waals surface area contributed by atoms with E-state index in [9.17, 15) is 23.7 Å². The number of nitrogens with zero attached hydrogens (tertiary/aromatic N) is 2. The number of halogens is 2. The van der Waals surface area contributed by atoms with Crippen LogP contribution < -0.4 is 5.73 Å². The SMILES string of the molecule is Nc1nc([N+](=O)[O-])c(C=O)cc1C(F)F. The molecule has 80 valence electrons. The average Bonchev–Trinajstić information content (AvgIpc) is 2.16. The molecular weight excluding hydrogens is 212 g/mol. The van der Waals surface area contributed by atoms with Crippen LogP contribution >= 0.6 is 0 Å². The first-order valence-electron chi connectivity index (χ1n) is 3.65. The second-order valence-electron chi connectivity index (χ2n) is 2.55. The molecule has 15 heavy (non-hydrogen) atoms. The van der Waals surface area contributed by atoms with Crippen molar-refractivity contribution in [1.29, 1.82) is 0 Å². The molecule has 0 saturated carbocycles. The molecular formula is C7H5F2N3O3. The summed E-state index contributed by atoms with van der Waals surface area (Å²) in [5.41, 5.74) is 3.86. The van der Waals surface area contributed by atoms with E-state index in [0.717, 1.165) is 0 Å². The molecule has 0 fully saturated rings. The third-order valence-electron chi connectivity index (χ3n) is 1.63. The Kier molecular flexibility index (Phi) is 2.88. The highest BCUT2D eigenvalue weighted by atomic mass is 19.3. The third-order valence-corrected chi connectivity index (χ3v) is 1.63. The fourth-order valence-electron chi connectivity index (χ4n) is 0.957. The molecule has 0 spiro atoms. The summed E-state index contributed by atoms with van der Waals surface area (Å²) >= 11 is 0. The van der Waals surface area contributed by atoms with Gasteiger partial charge in [0.1, 0.15) is 5.56 Å². The van der Waals surface area contributed by atoms with E-state index in [0.29, 0.717) is 6.07 Å². The summed E-state index contributed by atoms with van der Waals surface area (Å²) in [6, 6.07) is 0.665. The molecule has 0 bridgehead atoms. The number of nitro groups is 1. The van der Waals surface area contributed by atoms with Gasteiger partial charge in [-0.15, -0.1) is 0 Å². The number of aromatic nitrogens is 1. The largest absolute Gasteiger partial charge is 0.376 e. The van der Waals surface area contributed by atoms with Gasteiger partial charge in [0.15, 0.2) is 6.29 Å². The average molecular weight is 217 g/mol. The number of carbonyl (C=O) groups is 1. The Morgan fingerprint density at radius 3 is 2.60 bits per heavy atom. The van der Waals surface area contributed by atoms with Crippen LogP contribution in [0, 0.1) is 10.1 Å². The van der Waals surface area contributed by atoms with Crippen molar-refractivity contribution < 1.29 is 18.5 Å². The van der Waals surface area contributed by atoms with Gasteiger partial charge in [-0.25, -0.2) is 8.78 Å². The molecule has 0 aromatic carbocycles. The number of hydrogen-bond donors (Lipinski definition) is 1. The van der Waals surface area contributed by atoms with E-state index < -0.39 is 34.1 Å². The predicted octanol–water partition coefficient (Wildman–Crippen LogP) is 1.32. The molecule has 8 heteroatoms. The summed E-state index contributed by atoms with van der Waals surface area (Å²) in [6.45, 7) is 0. The van der Waals surface area contributed by atoms with E-state index in [1.54, 1.807) is 0 Å². The fourth-order valence-corrected chi connectivity index (χ4v) is 0.957. The van der Waals surface area contributed by atoms with Crippen LogP contribution in [0.3, 0.4) is 0 Å². The van der Waals surface area contributed by atoms with Gasteiger partial charge in [0.05, 0.1) is 5.56 Å².